The van der Waals surface area contributed by atoms with Gasteiger partial charge in [-0.15, -0.1) is 0 Å². The molecule has 2 aliphatic heterocycles. The van der Waals surface area contributed by atoms with E-state index in [9.17, 15) is 19.2 Å². The molecule has 0 radical (unpaired) electrons. The van der Waals surface area contributed by atoms with E-state index in [2.05, 4.69) is 0 Å². The number of fused-ring (bicyclic) bond motifs is 1. The smallest absolute Gasteiger partial charge is 0.306 e. The van der Waals surface area contributed by atoms with Crippen molar-refractivity contribution in [3.63, 3.8) is 0 Å². The van der Waals surface area contributed by atoms with Crippen LogP contribution < -0.4 is 0 Å². The molecule has 24 heavy (non-hydrogen) atoms. The summed E-state index contributed by atoms with van der Waals surface area (Å²) in [5.74, 6) is -2.22. The molecule has 2 saturated heterocycles. The molecule has 9 nitrogen and oxygen atoms in total. The van der Waals surface area contributed by atoms with Gasteiger partial charge in [-0.2, -0.15) is 0 Å². The highest BCUT2D eigenvalue weighted by Crippen LogP contribution is 2.33. The Labute approximate surface area is 138 Å². The maximum absolute atomic E-state index is 11.6. The number of hydrogen-bond donors (Lipinski definition) is 0. The standard InChI is InChI=1S/C15H20O9/c1-7(16)20-6-11-14(21-8(2)17)15(22-9(3)18)13-10(23-11)4-5-12(19)24-13/h10-11,13-15H,4-6H2,1-3H3/t10-,11-,13+,14-,15-/m1/s1. The van der Waals surface area contributed by atoms with Gasteiger partial charge in [0, 0.05) is 27.2 Å². The highest BCUT2D eigenvalue weighted by molar-refractivity contribution is 5.71. The van der Waals surface area contributed by atoms with E-state index in [-0.39, 0.29) is 13.0 Å². The summed E-state index contributed by atoms with van der Waals surface area (Å²) in [5, 5.41) is 0. The second-order valence-electron chi connectivity index (χ2n) is 5.66. The lowest BCUT2D eigenvalue weighted by Crippen LogP contribution is -2.63. The molecule has 134 valence electrons. The monoisotopic (exact) mass is 344 g/mol. The highest BCUT2D eigenvalue weighted by atomic mass is 16.7. The normalized spacial score (nSPS) is 32.1. The summed E-state index contributed by atoms with van der Waals surface area (Å²) in [7, 11) is 0. The zero-order valence-corrected chi connectivity index (χ0v) is 13.7. The Bertz CT molecular complexity index is 529. The number of ether oxygens (including phenoxy) is 5. The van der Waals surface area contributed by atoms with Crippen molar-refractivity contribution >= 4 is 23.9 Å². The first-order valence-electron chi connectivity index (χ1n) is 7.60. The quantitative estimate of drug-likeness (QED) is 0.508. The summed E-state index contributed by atoms with van der Waals surface area (Å²) in [4.78, 5) is 45.5. The first kappa shape index (κ1) is 18.2. The van der Waals surface area contributed by atoms with Crippen LogP contribution in [0.3, 0.4) is 0 Å². The summed E-state index contributed by atoms with van der Waals surface area (Å²) in [6, 6.07) is 0. The Morgan fingerprint density at radius 1 is 1.04 bits per heavy atom. The molecule has 2 rings (SSSR count). The summed E-state index contributed by atoms with van der Waals surface area (Å²) in [5.41, 5.74) is 0. The molecule has 0 aromatic carbocycles. The van der Waals surface area contributed by atoms with E-state index in [1.807, 2.05) is 0 Å². The van der Waals surface area contributed by atoms with Gasteiger partial charge in [0.1, 0.15) is 12.7 Å². The minimum absolute atomic E-state index is 0.159. The van der Waals surface area contributed by atoms with Gasteiger partial charge >= 0.3 is 23.9 Å². The van der Waals surface area contributed by atoms with Crippen molar-refractivity contribution in [2.24, 2.45) is 0 Å². The third-order valence-corrected chi connectivity index (χ3v) is 3.69. The average molecular weight is 344 g/mol. The highest BCUT2D eigenvalue weighted by Gasteiger charge is 2.53. The van der Waals surface area contributed by atoms with Gasteiger partial charge in [-0.3, -0.25) is 19.2 Å². The van der Waals surface area contributed by atoms with Crippen LogP contribution in [-0.4, -0.2) is 61.0 Å². The molecule has 0 spiro atoms. The van der Waals surface area contributed by atoms with E-state index in [0.717, 1.165) is 0 Å². The molecular formula is C15H20O9. The molecule has 0 unspecified atom stereocenters. The third kappa shape index (κ3) is 4.44. The average Bonchev–Trinajstić information content (AvgIpc) is 2.47. The molecule has 2 heterocycles. The molecule has 0 saturated carbocycles. The molecular weight excluding hydrogens is 324 g/mol. The van der Waals surface area contributed by atoms with Crippen LogP contribution >= 0.6 is 0 Å². The van der Waals surface area contributed by atoms with Crippen molar-refractivity contribution in [2.75, 3.05) is 6.61 Å². The van der Waals surface area contributed by atoms with Crippen molar-refractivity contribution in [3.05, 3.63) is 0 Å². The van der Waals surface area contributed by atoms with E-state index in [1.54, 1.807) is 0 Å². The van der Waals surface area contributed by atoms with Crippen LogP contribution in [0.15, 0.2) is 0 Å². The molecule has 2 aliphatic rings. The number of rotatable bonds is 4. The van der Waals surface area contributed by atoms with Crippen LogP contribution in [0.5, 0.6) is 0 Å². The fourth-order valence-corrected chi connectivity index (χ4v) is 2.83. The summed E-state index contributed by atoms with van der Waals surface area (Å²) in [6.45, 7) is 3.44. The molecule has 0 bridgehead atoms. The first-order valence-corrected chi connectivity index (χ1v) is 7.60. The Morgan fingerprint density at radius 2 is 1.67 bits per heavy atom. The molecule has 0 aliphatic carbocycles. The van der Waals surface area contributed by atoms with E-state index in [4.69, 9.17) is 23.7 Å². The van der Waals surface area contributed by atoms with Gasteiger partial charge in [0.2, 0.25) is 0 Å². The van der Waals surface area contributed by atoms with E-state index in [0.29, 0.717) is 6.42 Å². The summed E-state index contributed by atoms with van der Waals surface area (Å²) >= 11 is 0. The van der Waals surface area contributed by atoms with E-state index in [1.165, 1.54) is 20.8 Å². The van der Waals surface area contributed by atoms with Gasteiger partial charge in [-0.05, 0) is 6.42 Å². The molecule has 2 fully saturated rings. The van der Waals surface area contributed by atoms with Gasteiger partial charge in [0.15, 0.2) is 18.3 Å². The maximum Gasteiger partial charge on any atom is 0.306 e. The lowest BCUT2D eigenvalue weighted by Gasteiger charge is -2.46. The lowest BCUT2D eigenvalue weighted by atomic mass is 9.90. The predicted molar refractivity (Wildman–Crippen MR) is 75.5 cm³/mol. The van der Waals surface area contributed by atoms with Gasteiger partial charge in [0.05, 0.1) is 6.10 Å². The van der Waals surface area contributed by atoms with Crippen LogP contribution in [0.2, 0.25) is 0 Å². The topological polar surface area (TPSA) is 114 Å². The van der Waals surface area contributed by atoms with Gasteiger partial charge < -0.3 is 23.7 Å². The molecule has 0 aromatic rings. The van der Waals surface area contributed by atoms with E-state index >= 15 is 0 Å². The summed E-state index contributed by atoms with van der Waals surface area (Å²) < 4.78 is 26.4. The number of carbonyl (C=O) groups is 4. The van der Waals surface area contributed by atoms with Crippen LogP contribution in [0, 0.1) is 0 Å². The van der Waals surface area contributed by atoms with Crippen LogP contribution in [0.4, 0.5) is 0 Å². The Morgan fingerprint density at radius 3 is 2.25 bits per heavy atom. The number of esters is 4. The minimum Gasteiger partial charge on any atom is -0.463 e. The van der Waals surface area contributed by atoms with Crippen molar-refractivity contribution in [3.8, 4) is 0 Å². The predicted octanol–water partition coefficient (Wildman–Crippen LogP) is -0.114. The lowest BCUT2D eigenvalue weighted by molar-refractivity contribution is -0.260. The van der Waals surface area contributed by atoms with Crippen molar-refractivity contribution < 1.29 is 42.9 Å². The first-order chi connectivity index (χ1) is 11.3. The SMILES string of the molecule is CC(=O)OC[C@H]1O[C@@H]2CCC(=O)O[C@@H]2[C@@H](OC(C)=O)[C@@H]1OC(C)=O. The van der Waals surface area contributed by atoms with Gasteiger partial charge in [-0.25, -0.2) is 0 Å². The minimum atomic E-state index is -1.06. The molecule has 0 aromatic heterocycles. The molecule has 0 N–H and O–H groups in total. The Balaban J connectivity index is 2.27. The van der Waals surface area contributed by atoms with Crippen LogP contribution in [0.25, 0.3) is 0 Å². The molecule has 5 atom stereocenters. The molecule has 0 amide bonds. The zero-order chi connectivity index (χ0) is 17.9. The molecule has 9 heteroatoms. The van der Waals surface area contributed by atoms with Crippen LogP contribution in [0.1, 0.15) is 33.6 Å². The second-order valence-corrected chi connectivity index (χ2v) is 5.66. The number of hydrogen-bond acceptors (Lipinski definition) is 9. The van der Waals surface area contributed by atoms with Crippen molar-refractivity contribution in [2.45, 2.75) is 64.1 Å². The second kappa shape index (κ2) is 7.61. The fraction of sp³-hybridized carbons (Fsp3) is 0.733. The zero-order valence-electron chi connectivity index (χ0n) is 13.7. The van der Waals surface area contributed by atoms with Crippen molar-refractivity contribution in [1.29, 1.82) is 0 Å². The summed E-state index contributed by atoms with van der Waals surface area (Å²) in [6.07, 6.45) is -3.82. The van der Waals surface area contributed by atoms with Crippen molar-refractivity contribution in [1.82, 2.24) is 0 Å². The third-order valence-electron chi connectivity index (χ3n) is 3.69. The largest absolute Gasteiger partial charge is 0.463 e. The maximum atomic E-state index is 11.6. The fourth-order valence-electron chi connectivity index (χ4n) is 2.83. The number of carbonyl (C=O) groups excluding carboxylic acids is 4. The Kier molecular flexibility index (Phi) is 5.76. The van der Waals surface area contributed by atoms with Gasteiger partial charge in [0.25, 0.3) is 0 Å². The Hall–Kier alpha value is -2.16. The van der Waals surface area contributed by atoms with Crippen LogP contribution in [-0.2, 0) is 42.9 Å². The van der Waals surface area contributed by atoms with Gasteiger partial charge in [-0.1, -0.05) is 0 Å². The van der Waals surface area contributed by atoms with E-state index < -0.39 is 54.4 Å².